The van der Waals surface area contributed by atoms with Crippen LogP contribution >= 0.6 is 0 Å². The van der Waals surface area contributed by atoms with E-state index in [1.165, 1.54) is 0 Å². The van der Waals surface area contributed by atoms with Crippen LogP contribution in [0.5, 0.6) is 0 Å². The van der Waals surface area contributed by atoms with Crippen LogP contribution in [0.3, 0.4) is 0 Å². The van der Waals surface area contributed by atoms with Gasteiger partial charge in [0, 0.05) is 24.2 Å². The molecule has 0 spiro atoms. The summed E-state index contributed by atoms with van der Waals surface area (Å²) in [7, 11) is 3.41. The van der Waals surface area contributed by atoms with Gasteiger partial charge in [-0.05, 0) is 151 Å². The Kier molecular flexibility index (Phi) is 18.3. The molecule has 0 bridgehead atoms. The number of likely N-dealkylation sites (tertiary alicyclic amines) is 2. The summed E-state index contributed by atoms with van der Waals surface area (Å²) in [6, 6.07) is 15.8. The van der Waals surface area contributed by atoms with Gasteiger partial charge in [0.25, 0.3) is 11.8 Å². The van der Waals surface area contributed by atoms with E-state index in [1.54, 1.807) is 62.0 Å². The average Bonchev–Trinajstić information content (AvgIpc) is 4.33. The van der Waals surface area contributed by atoms with Crippen molar-refractivity contribution in [3.8, 4) is 0 Å². The zero-order valence-electron chi connectivity index (χ0n) is 45.7. The van der Waals surface area contributed by atoms with Gasteiger partial charge in [0.1, 0.15) is 24.2 Å². The third-order valence-electron chi connectivity index (χ3n) is 17.8. The smallest absolute Gasteiger partial charge is 0.251 e. The van der Waals surface area contributed by atoms with Gasteiger partial charge >= 0.3 is 0 Å². The molecule has 4 fully saturated rings. The molecule has 2 heterocycles. The minimum Gasteiger partial charge on any atom is -0.347 e. The van der Waals surface area contributed by atoms with Crippen molar-refractivity contribution in [1.82, 2.24) is 52.3 Å². The Balaban J connectivity index is 0.841. The van der Waals surface area contributed by atoms with E-state index in [2.05, 4.69) is 42.5 Å². The number of amides is 8. The Morgan fingerprint density at radius 1 is 0.462 bits per heavy atom. The molecular formula is C60H80N10O8. The van der Waals surface area contributed by atoms with Gasteiger partial charge in [-0.15, -0.1) is 0 Å². The van der Waals surface area contributed by atoms with Crippen LogP contribution in [0, 0.1) is 11.8 Å². The second kappa shape index (κ2) is 25.4. The quantitative estimate of drug-likeness (QED) is 0.0910. The molecule has 9 rings (SSSR count). The zero-order valence-corrected chi connectivity index (χ0v) is 45.7. The molecule has 0 aromatic heterocycles. The minimum absolute atomic E-state index is 0.0138. The molecule has 2 saturated heterocycles. The van der Waals surface area contributed by atoms with Crippen molar-refractivity contribution < 1.29 is 38.4 Å². The van der Waals surface area contributed by atoms with Gasteiger partial charge in [-0.1, -0.05) is 87.1 Å². The van der Waals surface area contributed by atoms with E-state index < -0.39 is 60.4 Å². The van der Waals surface area contributed by atoms with Crippen molar-refractivity contribution in [2.75, 3.05) is 27.2 Å². The van der Waals surface area contributed by atoms with Crippen LogP contribution in [-0.4, -0.2) is 133 Å². The van der Waals surface area contributed by atoms with E-state index in [0.29, 0.717) is 62.7 Å². The summed E-state index contributed by atoms with van der Waals surface area (Å²) < 4.78 is 0. The number of hydrogen-bond donors (Lipinski definition) is 8. The SMILES string of the molecule is CN[C@@H](C)C(=O)N[C@H](C(=O)N1CCC[C@H]1C(=O)N[C@H]1c2ccccc2C[C@H]1NC(=O)c1ccc(C(=O)N[C@@H]2Cc3ccccc3[C@@H]2NC(=O)[C@@H]2CCCN2C(=O)[C@@H](NC(=O)[C@H](C)NC)C2CCCCC2)cc1)C1CCCCC1. The molecule has 2 aliphatic heterocycles. The molecule has 8 amide bonds. The Bertz CT molecular complexity index is 2510. The number of carbonyl (C=O) groups is 8. The maximum absolute atomic E-state index is 14.4. The van der Waals surface area contributed by atoms with Gasteiger partial charge in [0.2, 0.25) is 35.4 Å². The van der Waals surface area contributed by atoms with Crippen molar-refractivity contribution in [1.29, 1.82) is 0 Å². The second-order valence-electron chi connectivity index (χ2n) is 22.7. The molecular weight excluding hydrogens is 989 g/mol. The fourth-order valence-corrected chi connectivity index (χ4v) is 13.1. The lowest BCUT2D eigenvalue weighted by Crippen LogP contribution is -2.58. The number of carbonyl (C=O) groups excluding carboxylic acids is 8. The molecule has 10 atom stereocenters. The summed E-state index contributed by atoms with van der Waals surface area (Å²) in [5.41, 5.74) is 4.38. The summed E-state index contributed by atoms with van der Waals surface area (Å²) in [5.74, 6) is -2.37. The average molecular weight is 1070 g/mol. The third kappa shape index (κ3) is 12.4. The first-order chi connectivity index (χ1) is 37.7. The number of fused-ring (bicyclic) bond motifs is 2. The molecule has 78 heavy (non-hydrogen) atoms. The molecule has 2 saturated carbocycles. The molecule has 3 aromatic carbocycles. The Morgan fingerprint density at radius 2 is 0.833 bits per heavy atom. The normalized spacial score (nSPS) is 24.7. The van der Waals surface area contributed by atoms with E-state index in [9.17, 15) is 38.4 Å². The highest BCUT2D eigenvalue weighted by Crippen LogP contribution is 2.36. The van der Waals surface area contributed by atoms with Crippen molar-refractivity contribution in [3.05, 3.63) is 106 Å². The van der Waals surface area contributed by atoms with Crippen molar-refractivity contribution in [2.45, 2.75) is 177 Å². The van der Waals surface area contributed by atoms with Gasteiger partial charge < -0.3 is 52.3 Å². The first-order valence-electron chi connectivity index (χ1n) is 28.8. The Morgan fingerprint density at radius 3 is 1.21 bits per heavy atom. The Labute approximate surface area is 458 Å². The van der Waals surface area contributed by atoms with Crippen LogP contribution < -0.4 is 42.5 Å². The molecule has 18 heteroatoms. The maximum Gasteiger partial charge on any atom is 0.251 e. The lowest BCUT2D eigenvalue weighted by atomic mass is 9.83. The van der Waals surface area contributed by atoms with Gasteiger partial charge in [-0.3, -0.25) is 38.4 Å². The minimum atomic E-state index is -0.735. The van der Waals surface area contributed by atoms with Crippen molar-refractivity contribution in [2.24, 2.45) is 11.8 Å². The monoisotopic (exact) mass is 1070 g/mol. The highest BCUT2D eigenvalue weighted by molar-refractivity contribution is 5.99. The summed E-state index contributed by atoms with van der Waals surface area (Å²) >= 11 is 0. The number of nitrogens with zero attached hydrogens (tertiary/aromatic N) is 2. The highest BCUT2D eigenvalue weighted by Gasteiger charge is 2.45. The molecule has 0 unspecified atom stereocenters. The number of rotatable bonds is 18. The third-order valence-corrected chi connectivity index (χ3v) is 17.8. The first kappa shape index (κ1) is 56.1. The molecule has 6 aliphatic rings. The van der Waals surface area contributed by atoms with Crippen LogP contribution in [-0.2, 0) is 41.6 Å². The van der Waals surface area contributed by atoms with Crippen molar-refractivity contribution >= 4 is 47.3 Å². The van der Waals surface area contributed by atoms with Gasteiger partial charge in [-0.2, -0.15) is 0 Å². The number of hydrogen-bond acceptors (Lipinski definition) is 10. The summed E-state index contributed by atoms with van der Waals surface area (Å²) in [6.07, 6.45) is 12.6. The number of likely N-dealkylation sites (N-methyl/N-ethyl adjacent to an activating group) is 2. The van der Waals surface area contributed by atoms with E-state index in [-0.39, 0.29) is 59.1 Å². The van der Waals surface area contributed by atoms with Crippen LogP contribution in [0.25, 0.3) is 0 Å². The zero-order chi connectivity index (χ0) is 55.0. The predicted octanol–water partition coefficient (Wildman–Crippen LogP) is 4.04. The van der Waals surface area contributed by atoms with E-state index in [1.807, 2.05) is 48.5 Å². The van der Waals surface area contributed by atoms with Gasteiger partial charge in [-0.25, -0.2) is 0 Å². The number of nitrogens with one attached hydrogen (secondary N) is 8. The molecule has 18 nitrogen and oxygen atoms in total. The fraction of sp³-hybridized carbons (Fsp3) is 0.567. The van der Waals surface area contributed by atoms with Crippen LogP contribution in [0.15, 0.2) is 72.8 Å². The van der Waals surface area contributed by atoms with Crippen LogP contribution in [0.2, 0.25) is 0 Å². The standard InChI is InChI=1S/C60H80N10O8/c1-35(61-3)53(71)65-49(37-17-7-5-8-18-37)59(77)69-31-15-25-47(69)57(75)67-51-43-23-13-11-21-41(43)33-45(51)63-55(73)39-27-29-40(30-28-39)56(74)64-46-34-42-22-12-14-24-44(42)52(46)68-58(76)48-26-16-32-70(48)60(78)50(38-19-9-6-10-20-38)66-54(72)36(2)62-4/h11-14,21-24,27-30,35-38,45-52,61-62H,5-10,15-20,25-26,31-34H2,1-4H3,(H,63,73)(H,64,74)(H,65,71)(H,66,72)(H,67,75)(H,68,76)/t35-,36-,45+,46+,47-,48-,49-,50-,51-,52-/m0/s1. The molecule has 418 valence electrons. The predicted molar refractivity (Wildman–Crippen MR) is 295 cm³/mol. The van der Waals surface area contributed by atoms with Gasteiger partial charge in [0.05, 0.1) is 36.3 Å². The lowest BCUT2D eigenvalue weighted by Gasteiger charge is -2.35. The summed E-state index contributed by atoms with van der Waals surface area (Å²) in [4.78, 5) is 115. The van der Waals surface area contributed by atoms with E-state index in [4.69, 9.17) is 0 Å². The second-order valence-corrected chi connectivity index (χ2v) is 22.7. The Hall–Kier alpha value is -6.66. The highest BCUT2D eigenvalue weighted by atomic mass is 16.2. The van der Waals surface area contributed by atoms with Gasteiger partial charge in [0.15, 0.2) is 0 Å². The lowest BCUT2D eigenvalue weighted by molar-refractivity contribution is -0.143. The molecule has 3 aromatic rings. The van der Waals surface area contributed by atoms with Crippen molar-refractivity contribution in [3.63, 3.8) is 0 Å². The maximum atomic E-state index is 14.4. The van der Waals surface area contributed by atoms with E-state index >= 15 is 0 Å². The van der Waals surface area contributed by atoms with E-state index in [0.717, 1.165) is 86.5 Å². The van der Waals surface area contributed by atoms with Crippen LogP contribution in [0.1, 0.15) is 159 Å². The first-order valence-corrected chi connectivity index (χ1v) is 28.8. The molecule has 0 radical (unpaired) electrons. The molecule has 8 N–H and O–H groups in total. The number of benzene rings is 3. The van der Waals surface area contributed by atoms with Crippen LogP contribution in [0.4, 0.5) is 0 Å². The fourth-order valence-electron chi connectivity index (χ4n) is 13.1. The summed E-state index contributed by atoms with van der Waals surface area (Å²) in [6.45, 7) is 4.32. The topological polar surface area (TPSA) is 239 Å². The molecule has 4 aliphatic carbocycles. The largest absolute Gasteiger partial charge is 0.347 e. The summed E-state index contributed by atoms with van der Waals surface area (Å²) in [5, 5.41) is 24.8.